The van der Waals surface area contributed by atoms with Crippen LogP contribution in [-0.2, 0) is 4.74 Å². The topological polar surface area (TPSA) is 108 Å². The second-order valence-electron chi connectivity index (χ2n) is 6.48. The van der Waals surface area contributed by atoms with Crippen molar-refractivity contribution in [3.05, 3.63) is 41.3 Å². The van der Waals surface area contributed by atoms with Crippen LogP contribution in [-0.4, -0.2) is 57.5 Å². The van der Waals surface area contributed by atoms with Gasteiger partial charge < -0.3 is 31.1 Å². The highest BCUT2D eigenvalue weighted by atomic mass is 32.2. The molecule has 1 heterocycles. The van der Waals surface area contributed by atoms with Gasteiger partial charge in [0.15, 0.2) is 17.5 Å². The molecule has 2 rings (SSSR count). The molecule has 0 spiro atoms. The molecule has 1 aliphatic rings. The van der Waals surface area contributed by atoms with Gasteiger partial charge in [0.25, 0.3) is 0 Å². The number of nitrogens with two attached hydrogens (primary N) is 1. The van der Waals surface area contributed by atoms with Crippen molar-refractivity contribution in [2.24, 2.45) is 5.73 Å². The molecule has 5 atom stereocenters. The highest BCUT2D eigenvalue weighted by molar-refractivity contribution is 7.99. The van der Waals surface area contributed by atoms with Gasteiger partial charge in [0, 0.05) is 11.8 Å². The van der Waals surface area contributed by atoms with Crippen LogP contribution >= 0.6 is 11.8 Å². The minimum Gasteiger partial charge on any atom is -0.397 e. The van der Waals surface area contributed by atoms with Gasteiger partial charge >= 0.3 is 0 Å². The second-order valence-corrected chi connectivity index (χ2v) is 7.68. The number of nitrogens with one attached hydrogen (secondary N) is 1. The third-order valence-corrected chi connectivity index (χ3v) is 5.66. The number of aliphatic hydroxyl groups is 3. The zero-order valence-electron chi connectivity index (χ0n) is 15.3. The molecule has 6 N–H and O–H groups in total. The Hall–Kier alpha value is -1.46. The van der Waals surface area contributed by atoms with Crippen molar-refractivity contribution in [3.63, 3.8) is 0 Å². The Morgan fingerprint density at radius 1 is 1.25 bits per heavy atom. The van der Waals surface area contributed by atoms with Crippen LogP contribution in [0.25, 0.3) is 5.70 Å². The number of rotatable bonds is 8. The van der Waals surface area contributed by atoms with E-state index in [9.17, 15) is 28.5 Å². The molecule has 1 aliphatic heterocycles. The number of halogens is 3. The normalized spacial score (nSPS) is 28.4. The van der Waals surface area contributed by atoms with E-state index in [4.69, 9.17) is 10.5 Å². The molecule has 1 saturated heterocycles. The Labute approximate surface area is 165 Å². The van der Waals surface area contributed by atoms with Crippen LogP contribution in [0.5, 0.6) is 0 Å². The predicted octanol–water partition coefficient (Wildman–Crippen LogP) is 1.29. The van der Waals surface area contributed by atoms with Gasteiger partial charge in [0.1, 0.15) is 23.7 Å². The largest absolute Gasteiger partial charge is 0.397 e. The van der Waals surface area contributed by atoms with Crippen molar-refractivity contribution in [1.82, 2.24) is 5.32 Å². The molecule has 1 fully saturated rings. The number of aliphatic hydroxyl groups excluding tert-OH is 3. The molecule has 28 heavy (non-hydrogen) atoms. The van der Waals surface area contributed by atoms with Gasteiger partial charge in [-0.05, 0) is 24.3 Å². The summed E-state index contributed by atoms with van der Waals surface area (Å²) in [5.74, 6) is -3.64. The Kier molecular flexibility index (Phi) is 8.44. The van der Waals surface area contributed by atoms with E-state index in [0.29, 0.717) is 0 Å². The average Bonchev–Trinajstić information content (AvgIpc) is 2.67. The molecule has 0 amide bonds. The Morgan fingerprint density at radius 3 is 2.46 bits per heavy atom. The van der Waals surface area contributed by atoms with Crippen LogP contribution in [0, 0.1) is 17.5 Å². The fraction of sp³-hybridized carbons (Fsp3) is 0.556. The zero-order valence-corrected chi connectivity index (χ0v) is 16.1. The molecule has 0 radical (unpaired) electrons. The predicted molar refractivity (Wildman–Crippen MR) is 101 cm³/mol. The van der Waals surface area contributed by atoms with Gasteiger partial charge in [0.05, 0.1) is 18.3 Å². The molecule has 0 aromatic heterocycles. The van der Waals surface area contributed by atoms with E-state index in [2.05, 4.69) is 5.32 Å². The smallest absolute Gasteiger partial charge is 0.194 e. The highest BCUT2D eigenvalue weighted by Gasteiger charge is 2.44. The lowest BCUT2D eigenvalue weighted by atomic mass is 9.97. The summed E-state index contributed by atoms with van der Waals surface area (Å²) in [5.41, 5.74) is 4.87. The molecular formula is C18H25F3N2O4S. The van der Waals surface area contributed by atoms with Crippen LogP contribution < -0.4 is 11.1 Å². The van der Waals surface area contributed by atoms with Crippen LogP contribution in [0.4, 0.5) is 13.2 Å². The molecule has 0 saturated carbocycles. The molecule has 10 heteroatoms. The minimum absolute atomic E-state index is 0.104. The summed E-state index contributed by atoms with van der Waals surface area (Å²) in [5, 5.41) is 33.0. The molecule has 0 bridgehead atoms. The molecule has 6 nitrogen and oxygen atoms in total. The lowest BCUT2D eigenvalue weighted by Gasteiger charge is -2.42. The maximum absolute atomic E-state index is 13.4. The first-order valence-electron chi connectivity index (χ1n) is 8.90. The molecule has 1 aromatic rings. The number of hydrogen-bond acceptors (Lipinski definition) is 7. The fourth-order valence-electron chi connectivity index (χ4n) is 2.76. The van der Waals surface area contributed by atoms with Gasteiger partial charge in [-0.15, -0.1) is 11.8 Å². The van der Waals surface area contributed by atoms with Gasteiger partial charge in [-0.3, -0.25) is 0 Å². The Bertz CT molecular complexity index is 672. The van der Waals surface area contributed by atoms with Crippen LogP contribution in [0.3, 0.4) is 0 Å². The average molecular weight is 422 g/mol. The number of benzene rings is 1. The van der Waals surface area contributed by atoms with E-state index in [1.165, 1.54) is 11.8 Å². The first kappa shape index (κ1) is 22.8. The third-order valence-electron chi connectivity index (χ3n) is 4.41. The van der Waals surface area contributed by atoms with E-state index >= 15 is 0 Å². The summed E-state index contributed by atoms with van der Waals surface area (Å²) < 4.78 is 45.4. The third kappa shape index (κ3) is 5.32. The second kappa shape index (κ2) is 10.4. The first-order chi connectivity index (χ1) is 13.3. The van der Waals surface area contributed by atoms with Gasteiger partial charge in [-0.25, -0.2) is 13.2 Å². The van der Waals surface area contributed by atoms with E-state index in [-0.39, 0.29) is 11.3 Å². The summed E-state index contributed by atoms with van der Waals surface area (Å²) in [6.07, 6.45) is -0.268. The summed E-state index contributed by atoms with van der Waals surface area (Å²) >= 11 is 1.36. The quantitative estimate of drug-likeness (QED) is 0.317. The Morgan fingerprint density at radius 2 is 1.89 bits per heavy atom. The van der Waals surface area contributed by atoms with E-state index in [0.717, 1.165) is 36.9 Å². The maximum Gasteiger partial charge on any atom is 0.194 e. The van der Waals surface area contributed by atoms with Gasteiger partial charge in [0.2, 0.25) is 0 Å². The molecule has 158 valence electrons. The number of ether oxygens (including phenoxy) is 1. The number of thioether (sulfide) groups is 1. The van der Waals surface area contributed by atoms with E-state index < -0.39 is 53.8 Å². The summed E-state index contributed by atoms with van der Waals surface area (Å²) in [4.78, 5) is 0. The standard InChI is InChI=1S/C18H25F3N2O4S/c1-2-3-4-28-18-17(26)15(16(25)13(8-24)27-18)23-7-12(22)9-5-10(19)14(21)11(20)6-9/h5-7,13,15-18,23-26H,2-4,8,22H2,1H3/b12-7-. The molecular weight excluding hydrogens is 397 g/mol. The van der Waals surface area contributed by atoms with Crippen LogP contribution in [0.15, 0.2) is 18.3 Å². The highest BCUT2D eigenvalue weighted by Crippen LogP contribution is 2.29. The van der Waals surface area contributed by atoms with Gasteiger partial charge in [-0.2, -0.15) is 0 Å². The van der Waals surface area contributed by atoms with E-state index in [1.54, 1.807) is 0 Å². The Balaban J connectivity index is 2.15. The van der Waals surface area contributed by atoms with Crippen molar-refractivity contribution >= 4 is 17.5 Å². The van der Waals surface area contributed by atoms with Crippen molar-refractivity contribution in [2.45, 2.75) is 49.6 Å². The molecule has 0 aliphatic carbocycles. The lowest BCUT2D eigenvalue weighted by Crippen LogP contribution is -2.62. The SMILES string of the molecule is CCCCSC1OC(CO)C(O)C(N/C=C(\N)c2cc(F)c(F)c(F)c2)C1O. The summed E-state index contributed by atoms with van der Waals surface area (Å²) in [6, 6.07) is 0.532. The summed E-state index contributed by atoms with van der Waals surface area (Å²) in [7, 11) is 0. The monoisotopic (exact) mass is 422 g/mol. The maximum atomic E-state index is 13.4. The van der Waals surface area contributed by atoms with Crippen molar-refractivity contribution in [2.75, 3.05) is 12.4 Å². The zero-order chi connectivity index (χ0) is 20.8. The molecule has 1 aromatic carbocycles. The van der Waals surface area contributed by atoms with Crippen molar-refractivity contribution in [1.29, 1.82) is 0 Å². The van der Waals surface area contributed by atoms with E-state index in [1.807, 2.05) is 6.92 Å². The summed E-state index contributed by atoms with van der Waals surface area (Å²) in [6.45, 7) is 1.57. The van der Waals surface area contributed by atoms with Crippen LogP contribution in [0.1, 0.15) is 25.3 Å². The minimum atomic E-state index is -1.60. The van der Waals surface area contributed by atoms with Crippen molar-refractivity contribution in [3.8, 4) is 0 Å². The fourth-order valence-corrected chi connectivity index (χ4v) is 4.03. The van der Waals surface area contributed by atoms with Gasteiger partial charge in [-0.1, -0.05) is 13.3 Å². The first-order valence-corrected chi connectivity index (χ1v) is 9.95. The number of hydrogen-bond donors (Lipinski definition) is 5. The number of unbranched alkanes of at least 4 members (excludes halogenated alkanes) is 1. The lowest BCUT2D eigenvalue weighted by molar-refractivity contribution is -0.164. The molecule has 5 unspecified atom stereocenters. The van der Waals surface area contributed by atoms with Crippen molar-refractivity contribution < 1.29 is 33.2 Å². The van der Waals surface area contributed by atoms with Crippen LogP contribution in [0.2, 0.25) is 0 Å².